The highest BCUT2D eigenvalue weighted by atomic mass is 16.2. The van der Waals surface area contributed by atoms with Crippen molar-refractivity contribution in [2.24, 2.45) is 5.73 Å². The molecule has 1 aromatic carbocycles. The van der Waals surface area contributed by atoms with Crippen molar-refractivity contribution >= 4 is 5.91 Å². The first-order chi connectivity index (χ1) is 7.83. The number of benzene rings is 1. The fraction of sp³-hybridized carbons (Fsp3) is 0.417. The summed E-state index contributed by atoms with van der Waals surface area (Å²) in [5.74, 6) is 0.0117. The lowest BCUT2D eigenvalue weighted by Gasteiger charge is -2.25. The highest BCUT2D eigenvalue weighted by Gasteiger charge is 2.24. The van der Waals surface area contributed by atoms with Crippen LogP contribution in [0.2, 0.25) is 0 Å². The zero-order valence-corrected chi connectivity index (χ0v) is 9.20. The quantitative estimate of drug-likeness (QED) is 0.667. The van der Waals surface area contributed by atoms with Gasteiger partial charge in [-0.05, 0) is 17.5 Å². The van der Waals surface area contributed by atoms with Gasteiger partial charge in [-0.3, -0.25) is 4.79 Å². The van der Waals surface area contributed by atoms with Crippen LogP contribution in [0.3, 0.4) is 0 Å². The van der Waals surface area contributed by atoms with Crippen LogP contribution in [0.25, 0.3) is 0 Å². The number of nitrogens with one attached hydrogen (secondary N) is 2. The van der Waals surface area contributed by atoms with Gasteiger partial charge in [0.15, 0.2) is 0 Å². The molecule has 1 aromatic rings. The van der Waals surface area contributed by atoms with E-state index in [1.54, 1.807) is 0 Å². The van der Waals surface area contributed by atoms with Crippen molar-refractivity contribution in [2.45, 2.75) is 12.5 Å². The van der Waals surface area contributed by atoms with Gasteiger partial charge in [-0.2, -0.15) is 0 Å². The molecule has 0 aliphatic carbocycles. The van der Waals surface area contributed by atoms with Gasteiger partial charge >= 0.3 is 0 Å². The molecule has 0 bridgehead atoms. The van der Waals surface area contributed by atoms with Crippen molar-refractivity contribution in [3.8, 4) is 0 Å². The summed E-state index contributed by atoms with van der Waals surface area (Å²) in [5, 5.41) is 6.05. The molecule has 0 aromatic heterocycles. The van der Waals surface area contributed by atoms with Crippen LogP contribution in [0.4, 0.5) is 0 Å². The summed E-state index contributed by atoms with van der Waals surface area (Å²) in [5.41, 5.74) is 7.71. The predicted molar refractivity (Wildman–Crippen MR) is 63.0 cm³/mol. The Labute approximate surface area is 95.2 Å². The largest absolute Gasteiger partial charge is 0.353 e. The van der Waals surface area contributed by atoms with Gasteiger partial charge in [0.2, 0.25) is 5.91 Å². The third-order valence-electron chi connectivity index (χ3n) is 2.81. The van der Waals surface area contributed by atoms with E-state index >= 15 is 0 Å². The van der Waals surface area contributed by atoms with Crippen LogP contribution in [-0.4, -0.2) is 25.5 Å². The Kier molecular flexibility index (Phi) is 3.54. The van der Waals surface area contributed by atoms with Crippen LogP contribution < -0.4 is 16.4 Å². The highest BCUT2D eigenvalue weighted by Crippen LogP contribution is 2.22. The summed E-state index contributed by atoms with van der Waals surface area (Å²) in [6.45, 7) is 1.84. The summed E-state index contributed by atoms with van der Waals surface area (Å²) < 4.78 is 0. The van der Waals surface area contributed by atoms with Crippen LogP contribution in [0.15, 0.2) is 24.3 Å². The van der Waals surface area contributed by atoms with Crippen molar-refractivity contribution < 1.29 is 4.79 Å². The Balaban J connectivity index is 2.15. The van der Waals surface area contributed by atoms with Gasteiger partial charge in [0, 0.05) is 19.6 Å². The van der Waals surface area contributed by atoms with Crippen molar-refractivity contribution in [1.29, 1.82) is 0 Å². The lowest BCUT2D eigenvalue weighted by atomic mass is 9.94. The number of amides is 1. The van der Waals surface area contributed by atoms with Gasteiger partial charge < -0.3 is 16.4 Å². The lowest BCUT2D eigenvalue weighted by molar-refractivity contribution is -0.123. The molecule has 0 saturated carbocycles. The van der Waals surface area contributed by atoms with E-state index in [-0.39, 0.29) is 11.9 Å². The van der Waals surface area contributed by atoms with Gasteiger partial charge in [-0.1, -0.05) is 24.3 Å². The predicted octanol–water partition coefficient (Wildman–Crippen LogP) is -0.0517. The first-order valence-corrected chi connectivity index (χ1v) is 5.62. The fourth-order valence-corrected chi connectivity index (χ4v) is 2.04. The summed E-state index contributed by atoms with van der Waals surface area (Å²) in [6.07, 6.45) is 0.983. The van der Waals surface area contributed by atoms with E-state index in [9.17, 15) is 4.79 Å². The van der Waals surface area contributed by atoms with Gasteiger partial charge in [0.1, 0.15) is 6.04 Å². The minimum atomic E-state index is -0.225. The molecule has 4 heteroatoms. The Bertz CT molecular complexity index is 378. The summed E-state index contributed by atoms with van der Waals surface area (Å²) in [6, 6.07) is 7.85. The van der Waals surface area contributed by atoms with Gasteiger partial charge in [0.25, 0.3) is 0 Å². The van der Waals surface area contributed by atoms with Gasteiger partial charge in [-0.15, -0.1) is 0 Å². The average Bonchev–Trinajstić information content (AvgIpc) is 2.35. The molecule has 0 spiro atoms. The molecule has 1 aliphatic heterocycles. The molecule has 1 amide bonds. The SMILES string of the molecule is NCCNC(=O)C1NCCc2ccccc21. The maximum Gasteiger partial charge on any atom is 0.241 e. The average molecular weight is 219 g/mol. The standard InChI is InChI=1S/C12H17N3O/c13-6-8-15-12(16)11-10-4-2-1-3-9(10)5-7-14-11/h1-4,11,14H,5-8,13H2,(H,15,16). The minimum Gasteiger partial charge on any atom is -0.353 e. The minimum absolute atomic E-state index is 0.0117. The van der Waals surface area contributed by atoms with Crippen LogP contribution in [0, 0.1) is 0 Å². The molecule has 86 valence electrons. The van der Waals surface area contributed by atoms with E-state index in [0.717, 1.165) is 18.5 Å². The molecular formula is C12H17N3O. The third-order valence-corrected chi connectivity index (χ3v) is 2.81. The third kappa shape index (κ3) is 2.23. The molecule has 4 N–H and O–H groups in total. The van der Waals surface area contributed by atoms with Crippen LogP contribution >= 0.6 is 0 Å². The Morgan fingerprint density at radius 3 is 3.12 bits per heavy atom. The number of carbonyl (C=O) groups is 1. The monoisotopic (exact) mass is 219 g/mol. The van der Waals surface area contributed by atoms with Gasteiger partial charge in [-0.25, -0.2) is 0 Å². The lowest BCUT2D eigenvalue weighted by Crippen LogP contribution is -2.42. The first-order valence-electron chi connectivity index (χ1n) is 5.62. The van der Waals surface area contributed by atoms with Crippen molar-refractivity contribution in [3.63, 3.8) is 0 Å². The van der Waals surface area contributed by atoms with Gasteiger partial charge in [0.05, 0.1) is 0 Å². The normalized spacial score (nSPS) is 18.9. The molecule has 1 aliphatic rings. The van der Waals surface area contributed by atoms with E-state index in [1.807, 2.05) is 18.2 Å². The molecule has 0 fully saturated rings. The molecule has 0 saturated heterocycles. The zero-order valence-electron chi connectivity index (χ0n) is 9.20. The molecule has 1 unspecified atom stereocenters. The zero-order chi connectivity index (χ0) is 11.4. The molecular weight excluding hydrogens is 202 g/mol. The second-order valence-corrected chi connectivity index (χ2v) is 3.92. The Hall–Kier alpha value is -1.39. The van der Waals surface area contributed by atoms with E-state index in [0.29, 0.717) is 13.1 Å². The molecule has 16 heavy (non-hydrogen) atoms. The number of rotatable bonds is 3. The molecule has 0 radical (unpaired) electrons. The topological polar surface area (TPSA) is 67.1 Å². The molecule has 1 atom stereocenters. The Morgan fingerprint density at radius 2 is 2.31 bits per heavy atom. The number of fused-ring (bicyclic) bond motifs is 1. The van der Waals surface area contributed by atoms with Crippen molar-refractivity contribution in [2.75, 3.05) is 19.6 Å². The summed E-state index contributed by atoms with van der Waals surface area (Å²) in [4.78, 5) is 11.9. The number of nitrogens with two attached hydrogens (primary N) is 1. The number of carbonyl (C=O) groups excluding carboxylic acids is 1. The Morgan fingerprint density at radius 1 is 1.50 bits per heavy atom. The second-order valence-electron chi connectivity index (χ2n) is 3.92. The maximum atomic E-state index is 11.9. The molecule has 4 nitrogen and oxygen atoms in total. The van der Waals surface area contributed by atoms with Crippen molar-refractivity contribution in [3.05, 3.63) is 35.4 Å². The number of hydrogen-bond acceptors (Lipinski definition) is 3. The van der Waals surface area contributed by atoms with E-state index in [4.69, 9.17) is 5.73 Å². The summed E-state index contributed by atoms with van der Waals surface area (Å²) >= 11 is 0. The van der Waals surface area contributed by atoms with E-state index < -0.39 is 0 Å². The van der Waals surface area contributed by atoms with E-state index in [2.05, 4.69) is 16.7 Å². The van der Waals surface area contributed by atoms with Crippen LogP contribution in [-0.2, 0) is 11.2 Å². The van der Waals surface area contributed by atoms with E-state index in [1.165, 1.54) is 5.56 Å². The second kappa shape index (κ2) is 5.09. The van der Waals surface area contributed by atoms with Crippen LogP contribution in [0.1, 0.15) is 17.2 Å². The van der Waals surface area contributed by atoms with Crippen molar-refractivity contribution in [1.82, 2.24) is 10.6 Å². The molecule has 1 heterocycles. The smallest absolute Gasteiger partial charge is 0.241 e. The number of hydrogen-bond donors (Lipinski definition) is 3. The first kappa shape index (κ1) is 11.1. The highest BCUT2D eigenvalue weighted by molar-refractivity contribution is 5.83. The summed E-state index contributed by atoms with van der Waals surface area (Å²) in [7, 11) is 0. The molecule has 2 rings (SSSR count). The van der Waals surface area contributed by atoms with Crippen LogP contribution in [0.5, 0.6) is 0 Å². The maximum absolute atomic E-state index is 11.9. The fourth-order valence-electron chi connectivity index (χ4n) is 2.04.